The number of nitrogens with zero attached hydrogens (tertiary/aromatic N) is 3. The van der Waals surface area contributed by atoms with Gasteiger partial charge in [0.05, 0.1) is 12.8 Å². The molecule has 0 bridgehead atoms. The van der Waals surface area contributed by atoms with Crippen LogP contribution in [0.2, 0.25) is 0 Å². The smallest absolute Gasteiger partial charge is 0.304 e. The van der Waals surface area contributed by atoms with Crippen LogP contribution in [0.1, 0.15) is 42.5 Å². The Bertz CT molecular complexity index is 1490. The molecule has 0 saturated heterocycles. The van der Waals surface area contributed by atoms with Gasteiger partial charge in [-0.1, -0.05) is 61.5 Å². The highest BCUT2D eigenvalue weighted by Crippen LogP contribution is 2.26. The maximum absolute atomic E-state index is 14.4. The van der Waals surface area contributed by atoms with E-state index in [-0.39, 0.29) is 24.9 Å². The molecule has 0 spiro atoms. The molecular formula is C33H44N4O5S. The summed E-state index contributed by atoms with van der Waals surface area (Å²) in [6.45, 7) is 7.15. The minimum absolute atomic E-state index is 0.0735. The second kappa shape index (κ2) is 15.0. The van der Waals surface area contributed by atoms with Crippen LogP contribution in [0.3, 0.4) is 0 Å². The fourth-order valence-electron chi connectivity index (χ4n) is 4.65. The highest BCUT2D eigenvalue weighted by atomic mass is 32.2. The number of methoxy groups -OCH3 is 1. The van der Waals surface area contributed by atoms with Crippen LogP contribution in [0.4, 0.5) is 5.69 Å². The molecule has 0 aliphatic rings. The molecular weight excluding hydrogens is 564 g/mol. The molecule has 9 nitrogen and oxygen atoms in total. The first-order valence-corrected chi connectivity index (χ1v) is 15.8. The quantitative estimate of drug-likeness (QED) is 0.291. The number of hydrogen-bond donors (Lipinski definition) is 1. The normalized spacial score (nSPS) is 12.8. The van der Waals surface area contributed by atoms with Gasteiger partial charge in [0.25, 0.3) is 0 Å². The molecule has 0 aliphatic heterocycles. The van der Waals surface area contributed by atoms with Crippen LogP contribution in [0.5, 0.6) is 5.75 Å². The van der Waals surface area contributed by atoms with E-state index in [1.165, 1.54) is 19.0 Å². The average Bonchev–Trinajstić information content (AvgIpc) is 2.99. The Balaban J connectivity index is 2.15. The molecule has 0 radical (unpaired) electrons. The molecule has 0 aromatic heterocycles. The van der Waals surface area contributed by atoms with E-state index in [4.69, 9.17) is 4.74 Å². The lowest BCUT2D eigenvalue weighted by Gasteiger charge is -2.35. The van der Waals surface area contributed by atoms with Crippen molar-refractivity contribution < 1.29 is 22.7 Å². The zero-order valence-corrected chi connectivity index (χ0v) is 27.0. The first-order valence-electron chi connectivity index (χ1n) is 14.4. The zero-order valence-electron chi connectivity index (χ0n) is 26.2. The van der Waals surface area contributed by atoms with Crippen molar-refractivity contribution in [3.63, 3.8) is 0 Å². The fraction of sp³-hybridized carbons (Fsp3) is 0.394. The fourth-order valence-corrected chi connectivity index (χ4v) is 5.77. The van der Waals surface area contributed by atoms with Crippen LogP contribution in [0, 0.1) is 13.8 Å². The molecule has 2 amide bonds. The monoisotopic (exact) mass is 608 g/mol. The topological polar surface area (TPSA) is 99.3 Å². The lowest BCUT2D eigenvalue weighted by Crippen LogP contribution is -2.55. The number of ether oxygens (including phenoxy) is 1. The van der Waals surface area contributed by atoms with E-state index in [2.05, 4.69) is 5.32 Å². The standard InChI is InChI=1S/C33H44N4O5S/c1-8-26(4)34-33(39)31(21-27-13-10-9-11-14-27)36(22-28-15-12-16-29(20-28)42-7)32(38)23-37(43(40,41)35(5)6)30-19-24(2)17-18-25(30)3/h9-20,26,31H,8,21-23H2,1-7H3,(H,34,39)/t26-,31+/m0/s1. The molecule has 43 heavy (non-hydrogen) atoms. The van der Waals surface area contributed by atoms with Crippen LogP contribution in [-0.2, 0) is 32.8 Å². The number of amides is 2. The van der Waals surface area contributed by atoms with E-state index in [0.29, 0.717) is 17.0 Å². The van der Waals surface area contributed by atoms with E-state index >= 15 is 0 Å². The summed E-state index contributed by atoms with van der Waals surface area (Å²) in [6.07, 6.45) is 0.970. The molecule has 0 aliphatic carbocycles. The van der Waals surface area contributed by atoms with Crippen LogP contribution in [0.25, 0.3) is 0 Å². The van der Waals surface area contributed by atoms with Crippen molar-refractivity contribution >= 4 is 27.7 Å². The van der Waals surface area contributed by atoms with Gasteiger partial charge in [0.1, 0.15) is 18.3 Å². The molecule has 0 heterocycles. The summed E-state index contributed by atoms with van der Waals surface area (Å²) in [5.74, 6) is -0.196. The molecule has 3 aromatic rings. The SMILES string of the molecule is CC[C@H](C)NC(=O)[C@@H](Cc1ccccc1)N(Cc1cccc(OC)c1)C(=O)CN(c1cc(C)ccc1C)S(=O)(=O)N(C)C. The Morgan fingerprint density at radius 3 is 2.23 bits per heavy atom. The summed E-state index contributed by atoms with van der Waals surface area (Å²) < 4.78 is 34.9. The number of nitrogens with one attached hydrogen (secondary N) is 1. The molecule has 0 unspecified atom stereocenters. The van der Waals surface area contributed by atoms with Gasteiger partial charge in [0.15, 0.2) is 0 Å². The van der Waals surface area contributed by atoms with E-state index in [1.807, 2.05) is 88.4 Å². The second-order valence-electron chi connectivity index (χ2n) is 11.0. The Kier molecular flexibility index (Phi) is 11.7. The molecule has 3 rings (SSSR count). The summed E-state index contributed by atoms with van der Waals surface area (Å²) in [6, 6.07) is 21.3. The average molecular weight is 609 g/mol. The van der Waals surface area contributed by atoms with Gasteiger partial charge in [0.2, 0.25) is 11.8 Å². The highest BCUT2D eigenvalue weighted by Gasteiger charge is 2.35. The Hall–Kier alpha value is -3.89. The van der Waals surface area contributed by atoms with Crippen molar-refractivity contribution in [2.24, 2.45) is 0 Å². The lowest BCUT2D eigenvalue weighted by molar-refractivity contribution is -0.140. The first-order chi connectivity index (χ1) is 20.4. The van der Waals surface area contributed by atoms with Gasteiger partial charge in [-0.2, -0.15) is 12.7 Å². The Morgan fingerprint density at radius 1 is 0.930 bits per heavy atom. The van der Waals surface area contributed by atoms with E-state index in [1.54, 1.807) is 19.2 Å². The molecule has 232 valence electrons. The maximum atomic E-state index is 14.4. The lowest BCUT2D eigenvalue weighted by atomic mass is 10.0. The molecule has 10 heteroatoms. The predicted octanol–water partition coefficient (Wildman–Crippen LogP) is 4.48. The molecule has 0 saturated carbocycles. The van der Waals surface area contributed by atoms with Gasteiger partial charge in [-0.3, -0.25) is 9.59 Å². The number of anilines is 1. The third-order valence-electron chi connectivity index (χ3n) is 7.41. The van der Waals surface area contributed by atoms with Crippen LogP contribution in [-0.4, -0.2) is 69.3 Å². The predicted molar refractivity (Wildman–Crippen MR) is 171 cm³/mol. The first kappa shape index (κ1) is 33.6. The van der Waals surface area contributed by atoms with Crippen molar-refractivity contribution in [1.82, 2.24) is 14.5 Å². The number of aryl methyl sites for hydroxylation is 2. The zero-order chi connectivity index (χ0) is 31.7. The van der Waals surface area contributed by atoms with Gasteiger partial charge in [-0.05, 0) is 67.6 Å². The summed E-state index contributed by atoms with van der Waals surface area (Å²) >= 11 is 0. The van der Waals surface area contributed by atoms with Crippen LogP contribution >= 0.6 is 0 Å². The number of carbonyl (C=O) groups excluding carboxylic acids is 2. The summed E-state index contributed by atoms with van der Waals surface area (Å²) in [4.78, 5) is 29.8. The highest BCUT2D eigenvalue weighted by molar-refractivity contribution is 7.90. The third-order valence-corrected chi connectivity index (χ3v) is 9.22. The van der Waals surface area contributed by atoms with Crippen molar-refractivity contribution in [2.45, 2.75) is 59.2 Å². The Morgan fingerprint density at radius 2 is 1.60 bits per heavy atom. The van der Waals surface area contributed by atoms with Gasteiger partial charge in [-0.15, -0.1) is 0 Å². The van der Waals surface area contributed by atoms with Crippen molar-refractivity contribution in [3.05, 3.63) is 95.1 Å². The second-order valence-corrected chi connectivity index (χ2v) is 13.1. The van der Waals surface area contributed by atoms with Crippen molar-refractivity contribution in [1.29, 1.82) is 0 Å². The summed E-state index contributed by atoms with van der Waals surface area (Å²) in [5, 5.41) is 3.05. The van der Waals surface area contributed by atoms with Gasteiger partial charge in [0, 0.05) is 33.1 Å². The van der Waals surface area contributed by atoms with E-state index in [9.17, 15) is 18.0 Å². The summed E-state index contributed by atoms with van der Waals surface area (Å²) in [5.41, 5.74) is 3.60. The number of rotatable bonds is 14. The van der Waals surface area contributed by atoms with E-state index < -0.39 is 28.7 Å². The summed E-state index contributed by atoms with van der Waals surface area (Å²) in [7, 11) is 0.359. The Labute approximate surface area is 256 Å². The maximum Gasteiger partial charge on any atom is 0.304 e. The van der Waals surface area contributed by atoms with Gasteiger partial charge in [-0.25, -0.2) is 4.31 Å². The molecule has 2 atom stereocenters. The van der Waals surface area contributed by atoms with Crippen molar-refractivity contribution in [3.8, 4) is 5.75 Å². The molecule has 3 aromatic carbocycles. The minimum Gasteiger partial charge on any atom is -0.497 e. The van der Waals surface area contributed by atoms with Crippen molar-refractivity contribution in [2.75, 3.05) is 32.1 Å². The number of hydrogen-bond acceptors (Lipinski definition) is 5. The van der Waals surface area contributed by atoms with Crippen LogP contribution < -0.4 is 14.4 Å². The minimum atomic E-state index is -4.07. The number of benzene rings is 3. The third kappa shape index (κ3) is 8.81. The van der Waals surface area contributed by atoms with Gasteiger partial charge >= 0.3 is 10.2 Å². The van der Waals surface area contributed by atoms with Gasteiger partial charge < -0.3 is 15.0 Å². The largest absolute Gasteiger partial charge is 0.497 e. The van der Waals surface area contributed by atoms with Crippen LogP contribution in [0.15, 0.2) is 72.8 Å². The number of carbonyl (C=O) groups is 2. The molecule has 1 N–H and O–H groups in total. The van der Waals surface area contributed by atoms with E-state index in [0.717, 1.165) is 31.7 Å². The molecule has 0 fully saturated rings.